The van der Waals surface area contributed by atoms with Crippen LogP contribution >= 0.6 is 0 Å². The third-order valence-electron chi connectivity index (χ3n) is 7.04. The van der Waals surface area contributed by atoms with Crippen molar-refractivity contribution in [1.82, 2.24) is 4.98 Å². The summed E-state index contributed by atoms with van der Waals surface area (Å²) in [6.45, 7) is 0. The highest BCUT2D eigenvalue weighted by Gasteiger charge is 2.33. The number of carbonyl (C=O) groups excluding carboxylic acids is 1. The molecule has 144 valence electrons. The SMILES string of the molecule is O=C(CCCC1CCCCC1)C1CCC2C(Cc3cccnc3)=CC=C2C1. The first-order valence-electron chi connectivity index (χ1n) is 11.1. The van der Waals surface area contributed by atoms with Crippen LogP contribution in [0.1, 0.15) is 76.2 Å². The average Bonchev–Trinajstić information content (AvgIpc) is 3.11. The van der Waals surface area contributed by atoms with E-state index in [1.165, 1.54) is 55.2 Å². The van der Waals surface area contributed by atoms with E-state index in [4.69, 9.17) is 0 Å². The van der Waals surface area contributed by atoms with E-state index in [-0.39, 0.29) is 5.92 Å². The number of pyridine rings is 1. The largest absolute Gasteiger partial charge is 0.299 e. The van der Waals surface area contributed by atoms with Gasteiger partial charge in [-0.1, -0.05) is 67.9 Å². The number of nitrogens with zero attached hydrogens (tertiary/aromatic N) is 1. The first kappa shape index (κ1) is 18.7. The summed E-state index contributed by atoms with van der Waals surface area (Å²) in [5, 5.41) is 0. The Bertz CT molecular complexity index is 696. The molecule has 2 saturated carbocycles. The van der Waals surface area contributed by atoms with E-state index >= 15 is 0 Å². The van der Waals surface area contributed by atoms with Crippen LogP contribution in [-0.2, 0) is 11.2 Å². The lowest BCUT2D eigenvalue weighted by atomic mass is 9.74. The average molecular weight is 364 g/mol. The minimum absolute atomic E-state index is 0.282. The molecule has 4 rings (SSSR count). The first-order valence-corrected chi connectivity index (χ1v) is 11.1. The van der Waals surface area contributed by atoms with Gasteiger partial charge < -0.3 is 0 Å². The Morgan fingerprint density at radius 3 is 2.78 bits per heavy atom. The van der Waals surface area contributed by atoms with Crippen molar-refractivity contribution in [3.63, 3.8) is 0 Å². The van der Waals surface area contributed by atoms with Gasteiger partial charge in [-0.15, -0.1) is 0 Å². The van der Waals surface area contributed by atoms with Crippen LogP contribution in [0.25, 0.3) is 0 Å². The van der Waals surface area contributed by atoms with Crippen molar-refractivity contribution in [2.24, 2.45) is 17.8 Å². The van der Waals surface area contributed by atoms with Gasteiger partial charge in [0.15, 0.2) is 0 Å². The fraction of sp³-hybridized carbons (Fsp3) is 0.600. The fourth-order valence-corrected chi connectivity index (χ4v) is 5.46. The quantitative estimate of drug-likeness (QED) is 0.575. The molecule has 0 aliphatic heterocycles. The lowest BCUT2D eigenvalue weighted by Crippen LogP contribution is -2.24. The second kappa shape index (κ2) is 8.99. The Balaban J connectivity index is 1.23. The second-order valence-electron chi connectivity index (χ2n) is 8.91. The number of hydrogen-bond acceptors (Lipinski definition) is 2. The van der Waals surface area contributed by atoms with Gasteiger partial charge in [0.05, 0.1) is 0 Å². The molecule has 0 saturated heterocycles. The zero-order valence-corrected chi connectivity index (χ0v) is 16.5. The number of aromatic nitrogens is 1. The van der Waals surface area contributed by atoms with Gasteiger partial charge in [-0.05, 0) is 49.7 Å². The summed E-state index contributed by atoms with van der Waals surface area (Å²) in [5.74, 6) is 2.30. The maximum atomic E-state index is 12.7. The molecular weight excluding hydrogens is 330 g/mol. The van der Waals surface area contributed by atoms with Crippen LogP contribution in [0.3, 0.4) is 0 Å². The van der Waals surface area contributed by atoms with Crippen LogP contribution in [0.5, 0.6) is 0 Å². The molecule has 0 radical (unpaired) electrons. The standard InChI is InChI=1S/C25H33NO/c27-25(10-4-8-19-6-2-1-3-7-19)23-13-14-24-21(11-12-22(24)17-23)16-20-9-5-15-26-18-20/h5,9,11-12,15,18-19,23-24H,1-4,6-8,10,13-14,16-17H2. The number of allylic oxidation sites excluding steroid dienone is 4. The number of ketones is 1. The van der Waals surface area contributed by atoms with Gasteiger partial charge in [-0.3, -0.25) is 9.78 Å². The Kier molecular flexibility index (Phi) is 6.21. The van der Waals surface area contributed by atoms with Gasteiger partial charge in [-0.25, -0.2) is 0 Å². The highest BCUT2D eigenvalue weighted by molar-refractivity contribution is 5.81. The molecule has 1 heterocycles. The summed E-state index contributed by atoms with van der Waals surface area (Å²) in [6, 6.07) is 4.18. The van der Waals surface area contributed by atoms with Crippen LogP contribution in [-0.4, -0.2) is 10.8 Å². The smallest absolute Gasteiger partial charge is 0.136 e. The maximum absolute atomic E-state index is 12.7. The van der Waals surface area contributed by atoms with Gasteiger partial charge in [0.1, 0.15) is 5.78 Å². The van der Waals surface area contributed by atoms with E-state index in [2.05, 4.69) is 23.2 Å². The zero-order valence-electron chi connectivity index (χ0n) is 16.5. The van der Waals surface area contributed by atoms with Crippen LogP contribution in [0.4, 0.5) is 0 Å². The van der Waals surface area contributed by atoms with Crippen molar-refractivity contribution in [3.8, 4) is 0 Å². The third kappa shape index (κ3) is 4.78. The number of rotatable bonds is 7. The first-order chi connectivity index (χ1) is 13.3. The fourth-order valence-electron chi connectivity index (χ4n) is 5.46. The number of hydrogen-bond donors (Lipinski definition) is 0. The highest BCUT2D eigenvalue weighted by atomic mass is 16.1. The van der Waals surface area contributed by atoms with Crippen LogP contribution in [0.2, 0.25) is 0 Å². The van der Waals surface area contributed by atoms with Gasteiger partial charge in [0, 0.05) is 30.7 Å². The summed E-state index contributed by atoms with van der Waals surface area (Å²) < 4.78 is 0. The molecular formula is C25H33NO. The predicted octanol–water partition coefficient (Wildman–Crippen LogP) is 6.23. The molecule has 0 aromatic carbocycles. The van der Waals surface area contributed by atoms with Crippen molar-refractivity contribution < 1.29 is 4.79 Å². The molecule has 1 aromatic heterocycles. The number of Topliss-reactive ketones (excluding diaryl/α,β-unsaturated/α-hetero) is 1. The van der Waals surface area contributed by atoms with E-state index in [0.717, 1.165) is 44.4 Å². The molecule has 1 aromatic rings. The molecule has 3 aliphatic carbocycles. The monoisotopic (exact) mass is 363 g/mol. The topological polar surface area (TPSA) is 30.0 Å². The van der Waals surface area contributed by atoms with Gasteiger partial charge in [-0.2, -0.15) is 0 Å². The van der Waals surface area contributed by atoms with Gasteiger partial charge >= 0.3 is 0 Å². The Morgan fingerprint density at radius 2 is 1.96 bits per heavy atom. The molecule has 27 heavy (non-hydrogen) atoms. The summed E-state index contributed by atoms with van der Waals surface area (Å²) >= 11 is 0. The lowest BCUT2D eigenvalue weighted by molar-refractivity contribution is -0.123. The molecule has 0 amide bonds. The summed E-state index contributed by atoms with van der Waals surface area (Å²) in [6.07, 6.45) is 22.9. The maximum Gasteiger partial charge on any atom is 0.136 e. The minimum atomic E-state index is 0.282. The molecule has 2 atom stereocenters. The van der Waals surface area contributed by atoms with Crippen molar-refractivity contribution in [3.05, 3.63) is 53.4 Å². The highest BCUT2D eigenvalue weighted by Crippen LogP contribution is 2.42. The zero-order chi connectivity index (χ0) is 18.5. The van der Waals surface area contributed by atoms with Crippen LogP contribution in [0.15, 0.2) is 47.8 Å². The molecule has 0 N–H and O–H groups in total. The normalized spacial score (nSPS) is 25.6. The van der Waals surface area contributed by atoms with Crippen molar-refractivity contribution in [2.45, 2.75) is 77.0 Å². The molecule has 0 bridgehead atoms. The van der Waals surface area contributed by atoms with E-state index < -0.39 is 0 Å². The minimum Gasteiger partial charge on any atom is -0.299 e. The Hall–Kier alpha value is -1.70. The summed E-state index contributed by atoms with van der Waals surface area (Å²) in [4.78, 5) is 17.0. The molecule has 3 aliphatic rings. The lowest BCUT2D eigenvalue weighted by Gasteiger charge is -2.30. The predicted molar refractivity (Wildman–Crippen MR) is 110 cm³/mol. The summed E-state index contributed by atoms with van der Waals surface area (Å²) in [5.41, 5.74) is 4.31. The van der Waals surface area contributed by atoms with Crippen molar-refractivity contribution in [2.75, 3.05) is 0 Å². The third-order valence-corrected chi connectivity index (χ3v) is 7.04. The molecule has 2 unspecified atom stereocenters. The summed E-state index contributed by atoms with van der Waals surface area (Å²) in [7, 11) is 0. The second-order valence-corrected chi connectivity index (χ2v) is 8.91. The van der Waals surface area contributed by atoms with E-state index in [0.29, 0.717) is 11.7 Å². The van der Waals surface area contributed by atoms with E-state index in [9.17, 15) is 4.79 Å². The van der Waals surface area contributed by atoms with Crippen molar-refractivity contribution >= 4 is 5.78 Å². The van der Waals surface area contributed by atoms with E-state index in [1.54, 1.807) is 0 Å². The Morgan fingerprint density at radius 1 is 1.07 bits per heavy atom. The number of carbonyl (C=O) groups is 1. The van der Waals surface area contributed by atoms with Gasteiger partial charge in [0.25, 0.3) is 0 Å². The molecule has 2 nitrogen and oxygen atoms in total. The molecule has 2 fully saturated rings. The number of fused-ring (bicyclic) bond motifs is 1. The van der Waals surface area contributed by atoms with Crippen LogP contribution in [0, 0.1) is 17.8 Å². The van der Waals surface area contributed by atoms with E-state index in [1.807, 2.05) is 18.5 Å². The molecule has 0 spiro atoms. The van der Waals surface area contributed by atoms with Crippen molar-refractivity contribution in [1.29, 1.82) is 0 Å². The van der Waals surface area contributed by atoms with Gasteiger partial charge in [0.2, 0.25) is 0 Å². The molecule has 2 heteroatoms. The Labute approximate surface area is 164 Å². The van der Waals surface area contributed by atoms with Crippen LogP contribution < -0.4 is 0 Å².